The van der Waals surface area contributed by atoms with E-state index in [1.54, 1.807) is 13.2 Å². The summed E-state index contributed by atoms with van der Waals surface area (Å²) in [6, 6.07) is 13.2. The van der Waals surface area contributed by atoms with Gasteiger partial charge in [0, 0.05) is 31.1 Å². The Labute approximate surface area is 169 Å². The molecular weight excluding hydrogens is 368 g/mol. The molecule has 0 spiro atoms. The topological polar surface area (TPSA) is 80.5 Å². The zero-order chi connectivity index (χ0) is 20.4. The van der Waals surface area contributed by atoms with E-state index in [1.807, 2.05) is 31.2 Å². The van der Waals surface area contributed by atoms with Gasteiger partial charge in [-0.2, -0.15) is 5.10 Å². The average molecular weight is 394 g/mol. The van der Waals surface area contributed by atoms with Crippen molar-refractivity contribution in [2.24, 2.45) is 0 Å². The Kier molecular flexibility index (Phi) is 5.34. The van der Waals surface area contributed by atoms with Crippen molar-refractivity contribution < 1.29 is 9.84 Å². The molecule has 1 N–H and O–H groups in total. The maximum atomic E-state index is 12.0. The van der Waals surface area contributed by atoms with Gasteiger partial charge in [0.1, 0.15) is 5.75 Å². The van der Waals surface area contributed by atoms with Gasteiger partial charge in [-0.15, -0.1) is 0 Å². The molecule has 0 aliphatic carbocycles. The first-order valence-corrected chi connectivity index (χ1v) is 9.87. The summed E-state index contributed by atoms with van der Waals surface area (Å²) < 4.78 is 6.64. The highest BCUT2D eigenvalue weighted by Gasteiger charge is 2.33. The normalized spacial score (nSPS) is 16.8. The minimum atomic E-state index is -0.908. The lowest BCUT2D eigenvalue weighted by molar-refractivity contribution is -0.0392. The van der Waals surface area contributed by atoms with Crippen LogP contribution < -0.4 is 10.3 Å². The van der Waals surface area contributed by atoms with Crippen molar-refractivity contribution in [2.75, 3.05) is 20.2 Å². The first kappa shape index (κ1) is 19.5. The van der Waals surface area contributed by atoms with Gasteiger partial charge in [0.05, 0.1) is 36.2 Å². The number of pyridine rings is 1. The lowest BCUT2D eigenvalue weighted by Crippen LogP contribution is -2.48. The van der Waals surface area contributed by atoms with Crippen LogP contribution >= 0.6 is 0 Å². The van der Waals surface area contributed by atoms with Crippen LogP contribution in [0.25, 0.3) is 10.9 Å². The van der Waals surface area contributed by atoms with Crippen LogP contribution in [-0.4, -0.2) is 50.6 Å². The van der Waals surface area contributed by atoms with Crippen molar-refractivity contribution in [3.05, 3.63) is 64.2 Å². The van der Waals surface area contributed by atoms with E-state index in [4.69, 9.17) is 9.72 Å². The molecule has 0 amide bonds. The van der Waals surface area contributed by atoms with Crippen molar-refractivity contribution in [1.82, 2.24) is 19.7 Å². The third-order valence-electron chi connectivity index (χ3n) is 5.57. The molecule has 7 heteroatoms. The van der Waals surface area contributed by atoms with Crippen molar-refractivity contribution in [3.8, 4) is 5.75 Å². The number of piperidine rings is 1. The Balaban J connectivity index is 1.40. The second kappa shape index (κ2) is 7.93. The molecular formula is C22H26N4O3. The summed E-state index contributed by atoms with van der Waals surface area (Å²) in [5.41, 5.74) is 1.63. The fourth-order valence-corrected chi connectivity index (χ4v) is 3.82. The fraction of sp³-hybridized carbons (Fsp3) is 0.409. The zero-order valence-corrected chi connectivity index (χ0v) is 16.8. The van der Waals surface area contributed by atoms with Crippen molar-refractivity contribution in [1.29, 1.82) is 0 Å². The molecule has 1 fully saturated rings. The van der Waals surface area contributed by atoms with E-state index in [0.29, 0.717) is 12.8 Å². The van der Waals surface area contributed by atoms with E-state index in [-0.39, 0.29) is 12.1 Å². The van der Waals surface area contributed by atoms with Crippen molar-refractivity contribution >= 4 is 10.9 Å². The molecule has 1 aliphatic rings. The summed E-state index contributed by atoms with van der Waals surface area (Å²) in [6.45, 7) is 4.31. The zero-order valence-electron chi connectivity index (χ0n) is 16.8. The van der Waals surface area contributed by atoms with Gasteiger partial charge in [0.25, 0.3) is 5.56 Å². The minimum absolute atomic E-state index is 0.177. The molecule has 0 radical (unpaired) electrons. The van der Waals surface area contributed by atoms with E-state index in [1.165, 1.54) is 10.7 Å². The quantitative estimate of drug-likeness (QED) is 0.714. The average Bonchev–Trinajstić information content (AvgIpc) is 2.72. The first-order chi connectivity index (χ1) is 13.9. The number of nitrogens with zero attached hydrogens (tertiary/aromatic N) is 4. The molecule has 3 heterocycles. The Bertz CT molecular complexity index is 1070. The van der Waals surface area contributed by atoms with Crippen LogP contribution in [0.4, 0.5) is 0 Å². The van der Waals surface area contributed by atoms with Gasteiger partial charge in [0.15, 0.2) is 0 Å². The van der Waals surface area contributed by atoms with E-state index in [0.717, 1.165) is 47.7 Å². The molecule has 29 heavy (non-hydrogen) atoms. The Hall–Kier alpha value is -2.77. The van der Waals surface area contributed by atoms with E-state index in [9.17, 15) is 9.90 Å². The predicted molar refractivity (Wildman–Crippen MR) is 111 cm³/mol. The van der Waals surface area contributed by atoms with E-state index in [2.05, 4.69) is 16.1 Å². The number of hydrogen-bond acceptors (Lipinski definition) is 6. The van der Waals surface area contributed by atoms with Crippen LogP contribution in [0.1, 0.15) is 24.2 Å². The molecule has 3 aromatic rings. The minimum Gasteiger partial charge on any atom is -0.497 e. The molecule has 1 aliphatic heterocycles. The lowest BCUT2D eigenvalue weighted by atomic mass is 9.91. The molecule has 0 atom stereocenters. The maximum absolute atomic E-state index is 12.0. The number of methoxy groups -OCH3 is 1. The number of rotatable bonds is 5. The smallest absolute Gasteiger partial charge is 0.266 e. The number of likely N-dealkylation sites (tertiary alicyclic amines) is 1. The maximum Gasteiger partial charge on any atom is 0.266 e. The second-order valence-corrected chi connectivity index (χ2v) is 7.83. The highest BCUT2D eigenvalue weighted by Crippen LogP contribution is 2.25. The van der Waals surface area contributed by atoms with Crippen LogP contribution in [0.15, 0.2) is 47.3 Å². The third kappa shape index (κ3) is 4.46. The molecule has 4 rings (SSSR count). The standard InChI is InChI=1S/C22H26N4O3/c1-16-3-8-21(27)26(24-16)15-22(28)9-11-25(12-10-22)14-18-5-4-17-13-19(29-2)6-7-20(17)23-18/h3-8,13,28H,9-12,14-15H2,1-2H3. The van der Waals surface area contributed by atoms with Crippen LogP contribution in [0, 0.1) is 6.92 Å². The third-order valence-corrected chi connectivity index (χ3v) is 5.57. The summed E-state index contributed by atoms with van der Waals surface area (Å²) in [5.74, 6) is 0.824. The molecule has 2 aromatic heterocycles. The number of hydrogen-bond donors (Lipinski definition) is 1. The highest BCUT2D eigenvalue weighted by molar-refractivity contribution is 5.80. The van der Waals surface area contributed by atoms with Crippen molar-refractivity contribution in [3.63, 3.8) is 0 Å². The summed E-state index contributed by atoms with van der Waals surface area (Å²) in [6.07, 6.45) is 1.19. The summed E-state index contributed by atoms with van der Waals surface area (Å²) in [7, 11) is 1.66. The second-order valence-electron chi connectivity index (χ2n) is 7.83. The monoisotopic (exact) mass is 394 g/mol. The summed E-state index contributed by atoms with van der Waals surface area (Å²) >= 11 is 0. The van der Waals surface area contributed by atoms with Crippen LogP contribution in [-0.2, 0) is 13.1 Å². The van der Waals surface area contributed by atoms with Crippen molar-refractivity contribution in [2.45, 2.75) is 38.5 Å². The number of benzene rings is 1. The SMILES string of the molecule is COc1ccc2nc(CN3CCC(O)(Cn4nc(C)ccc4=O)CC3)ccc2c1. The first-order valence-electron chi connectivity index (χ1n) is 9.87. The molecule has 1 saturated heterocycles. The Morgan fingerprint density at radius 3 is 2.69 bits per heavy atom. The van der Waals surface area contributed by atoms with Gasteiger partial charge < -0.3 is 9.84 Å². The van der Waals surface area contributed by atoms with Crippen LogP contribution in [0.2, 0.25) is 0 Å². The molecule has 0 unspecified atom stereocenters. The molecule has 7 nitrogen and oxygen atoms in total. The predicted octanol–water partition coefficient (Wildman–Crippen LogP) is 2.14. The number of aliphatic hydroxyl groups is 1. The molecule has 0 bridgehead atoms. The van der Waals surface area contributed by atoms with Gasteiger partial charge in [-0.05, 0) is 50.1 Å². The van der Waals surface area contributed by atoms with E-state index >= 15 is 0 Å². The molecule has 1 aromatic carbocycles. The molecule has 152 valence electrons. The number of aryl methyl sites for hydroxylation is 1. The van der Waals surface area contributed by atoms with Gasteiger partial charge in [0.2, 0.25) is 0 Å². The van der Waals surface area contributed by atoms with Gasteiger partial charge in [-0.1, -0.05) is 6.07 Å². The number of aromatic nitrogens is 3. The Morgan fingerprint density at radius 1 is 1.14 bits per heavy atom. The summed E-state index contributed by atoms with van der Waals surface area (Å²) in [5, 5.41) is 16.3. The van der Waals surface area contributed by atoms with Gasteiger partial charge >= 0.3 is 0 Å². The fourth-order valence-electron chi connectivity index (χ4n) is 3.82. The molecule has 0 saturated carbocycles. The summed E-state index contributed by atoms with van der Waals surface area (Å²) in [4.78, 5) is 19.0. The van der Waals surface area contributed by atoms with Crippen LogP contribution in [0.3, 0.4) is 0 Å². The van der Waals surface area contributed by atoms with E-state index < -0.39 is 5.60 Å². The Morgan fingerprint density at radius 2 is 1.93 bits per heavy atom. The van der Waals surface area contributed by atoms with Gasteiger partial charge in [-0.3, -0.25) is 14.7 Å². The highest BCUT2D eigenvalue weighted by atomic mass is 16.5. The number of fused-ring (bicyclic) bond motifs is 1. The number of ether oxygens (including phenoxy) is 1. The van der Waals surface area contributed by atoms with Crippen LogP contribution in [0.5, 0.6) is 5.75 Å². The lowest BCUT2D eigenvalue weighted by Gasteiger charge is -2.38. The largest absolute Gasteiger partial charge is 0.497 e. The van der Waals surface area contributed by atoms with Gasteiger partial charge in [-0.25, -0.2) is 4.68 Å².